The van der Waals surface area contributed by atoms with Crippen molar-refractivity contribution in [1.82, 2.24) is 9.78 Å². The van der Waals surface area contributed by atoms with Crippen LogP contribution >= 0.6 is 0 Å². The molecule has 1 aromatic heterocycles. The second-order valence-electron chi connectivity index (χ2n) is 3.85. The van der Waals surface area contributed by atoms with Crippen molar-refractivity contribution >= 4 is 0 Å². The number of aryl methyl sites for hydroxylation is 1. The zero-order valence-corrected chi connectivity index (χ0v) is 7.77. The normalized spacial score (nSPS) is 22.4. The molecular weight excluding hydrogens is 166 g/mol. The average molecular weight is 181 g/mol. The predicted molar refractivity (Wildman–Crippen MR) is 48.9 cm³/mol. The van der Waals surface area contributed by atoms with Gasteiger partial charge in [-0.25, -0.2) is 0 Å². The van der Waals surface area contributed by atoms with E-state index in [-0.39, 0.29) is 6.04 Å². The first-order chi connectivity index (χ1) is 6.12. The Morgan fingerprint density at radius 2 is 2.38 bits per heavy atom. The Balaban J connectivity index is 2.17. The van der Waals surface area contributed by atoms with Gasteiger partial charge in [-0.15, -0.1) is 0 Å². The first kappa shape index (κ1) is 8.72. The Morgan fingerprint density at radius 3 is 2.77 bits per heavy atom. The van der Waals surface area contributed by atoms with Crippen molar-refractivity contribution in [2.24, 2.45) is 12.8 Å². The van der Waals surface area contributed by atoms with E-state index in [1.54, 1.807) is 4.68 Å². The highest BCUT2D eigenvalue weighted by Gasteiger charge is 2.41. The summed E-state index contributed by atoms with van der Waals surface area (Å²) >= 11 is 0. The Morgan fingerprint density at radius 1 is 1.69 bits per heavy atom. The molecule has 1 saturated carbocycles. The van der Waals surface area contributed by atoms with Crippen LogP contribution in [0, 0.1) is 0 Å². The fourth-order valence-corrected chi connectivity index (χ4v) is 1.72. The first-order valence-electron chi connectivity index (χ1n) is 4.59. The number of rotatable bonds is 2. The van der Waals surface area contributed by atoms with Gasteiger partial charge in [-0.2, -0.15) is 5.10 Å². The van der Waals surface area contributed by atoms with Crippen LogP contribution in [-0.4, -0.2) is 20.5 Å². The molecule has 1 aliphatic carbocycles. The van der Waals surface area contributed by atoms with Gasteiger partial charge in [-0.05, 0) is 25.3 Å². The van der Waals surface area contributed by atoms with Crippen LogP contribution in [0.15, 0.2) is 12.3 Å². The fraction of sp³-hybridized carbons (Fsp3) is 0.667. The van der Waals surface area contributed by atoms with Gasteiger partial charge in [0.05, 0.1) is 17.3 Å². The van der Waals surface area contributed by atoms with E-state index in [1.807, 2.05) is 19.3 Å². The molecule has 0 bridgehead atoms. The van der Waals surface area contributed by atoms with E-state index in [1.165, 1.54) is 0 Å². The molecule has 0 saturated heterocycles. The summed E-state index contributed by atoms with van der Waals surface area (Å²) in [6.07, 6.45) is 4.50. The van der Waals surface area contributed by atoms with Gasteiger partial charge in [0.25, 0.3) is 0 Å². The molecule has 0 radical (unpaired) electrons. The van der Waals surface area contributed by atoms with Crippen LogP contribution in [0.2, 0.25) is 0 Å². The van der Waals surface area contributed by atoms with E-state index in [0.717, 1.165) is 25.0 Å². The summed E-state index contributed by atoms with van der Waals surface area (Å²) < 4.78 is 1.71. The van der Waals surface area contributed by atoms with Gasteiger partial charge in [-0.1, -0.05) is 0 Å². The lowest BCUT2D eigenvalue weighted by Crippen LogP contribution is -2.47. The summed E-state index contributed by atoms with van der Waals surface area (Å²) in [6, 6.07) is 1.53. The van der Waals surface area contributed by atoms with Crippen molar-refractivity contribution < 1.29 is 5.11 Å². The van der Waals surface area contributed by atoms with E-state index in [0.29, 0.717) is 0 Å². The Bertz CT molecular complexity index is 304. The van der Waals surface area contributed by atoms with Crippen LogP contribution in [0.3, 0.4) is 0 Å². The third kappa shape index (κ3) is 1.36. The number of hydrogen-bond acceptors (Lipinski definition) is 3. The van der Waals surface area contributed by atoms with Gasteiger partial charge in [0.2, 0.25) is 0 Å². The van der Waals surface area contributed by atoms with Crippen LogP contribution in [0.4, 0.5) is 0 Å². The van der Waals surface area contributed by atoms with Crippen molar-refractivity contribution in [3.63, 3.8) is 0 Å². The zero-order chi connectivity index (χ0) is 9.47. The average Bonchev–Trinajstić information content (AvgIpc) is 2.46. The maximum Gasteiger partial charge on any atom is 0.0855 e. The number of nitrogens with two attached hydrogens (primary N) is 1. The van der Waals surface area contributed by atoms with E-state index in [2.05, 4.69) is 5.10 Å². The van der Waals surface area contributed by atoms with Crippen LogP contribution in [0.25, 0.3) is 0 Å². The molecule has 72 valence electrons. The molecular formula is C9H15N3O. The van der Waals surface area contributed by atoms with Crippen molar-refractivity contribution in [3.8, 4) is 0 Å². The predicted octanol–water partition coefficient (Wildman–Crippen LogP) is 0.335. The maximum absolute atomic E-state index is 9.97. The number of hydrogen-bond donors (Lipinski definition) is 2. The molecule has 1 heterocycles. The van der Waals surface area contributed by atoms with Gasteiger partial charge in [0, 0.05) is 13.2 Å². The highest BCUT2D eigenvalue weighted by Crippen LogP contribution is 2.39. The molecule has 1 atom stereocenters. The van der Waals surface area contributed by atoms with Gasteiger partial charge in [-0.3, -0.25) is 4.68 Å². The summed E-state index contributed by atoms with van der Waals surface area (Å²) in [4.78, 5) is 0. The van der Waals surface area contributed by atoms with Crippen LogP contribution < -0.4 is 5.73 Å². The Labute approximate surface area is 77.4 Å². The molecule has 4 heteroatoms. The summed E-state index contributed by atoms with van der Waals surface area (Å²) in [5.41, 5.74) is 6.00. The van der Waals surface area contributed by atoms with Crippen LogP contribution in [-0.2, 0) is 7.05 Å². The molecule has 3 N–H and O–H groups in total. The standard InChI is InChI=1S/C9H15N3O/c1-12-6-3-7(11-12)8(10)9(13)4-2-5-9/h3,6,8,13H,2,4-5,10H2,1H3. The van der Waals surface area contributed by atoms with Crippen molar-refractivity contribution in [1.29, 1.82) is 0 Å². The van der Waals surface area contributed by atoms with E-state index in [9.17, 15) is 5.11 Å². The van der Waals surface area contributed by atoms with Gasteiger partial charge in [0.15, 0.2) is 0 Å². The van der Waals surface area contributed by atoms with Crippen LogP contribution in [0.5, 0.6) is 0 Å². The SMILES string of the molecule is Cn1ccc(C(N)C2(O)CCC2)n1. The van der Waals surface area contributed by atoms with E-state index in [4.69, 9.17) is 5.73 Å². The zero-order valence-electron chi connectivity index (χ0n) is 7.77. The lowest BCUT2D eigenvalue weighted by molar-refractivity contribution is -0.0570. The summed E-state index contributed by atoms with van der Waals surface area (Å²) in [5, 5.41) is 14.2. The molecule has 1 aromatic rings. The minimum atomic E-state index is -0.700. The molecule has 0 spiro atoms. The maximum atomic E-state index is 9.97. The fourth-order valence-electron chi connectivity index (χ4n) is 1.72. The van der Waals surface area contributed by atoms with Crippen molar-refractivity contribution in [3.05, 3.63) is 18.0 Å². The highest BCUT2D eigenvalue weighted by atomic mass is 16.3. The monoisotopic (exact) mass is 181 g/mol. The smallest absolute Gasteiger partial charge is 0.0855 e. The number of nitrogens with zero attached hydrogens (tertiary/aromatic N) is 2. The van der Waals surface area contributed by atoms with Gasteiger partial charge >= 0.3 is 0 Å². The molecule has 2 rings (SSSR count). The van der Waals surface area contributed by atoms with Crippen LogP contribution in [0.1, 0.15) is 31.0 Å². The van der Waals surface area contributed by atoms with Gasteiger partial charge in [0.1, 0.15) is 0 Å². The third-order valence-electron chi connectivity index (χ3n) is 2.85. The Hall–Kier alpha value is -0.870. The lowest BCUT2D eigenvalue weighted by atomic mass is 9.74. The number of aliphatic hydroxyl groups is 1. The molecule has 0 amide bonds. The summed E-state index contributed by atoms with van der Waals surface area (Å²) in [7, 11) is 1.85. The second kappa shape index (κ2) is 2.82. The molecule has 1 fully saturated rings. The third-order valence-corrected chi connectivity index (χ3v) is 2.85. The van der Waals surface area contributed by atoms with Crippen molar-refractivity contribution in [2.75, 3.05) is 0 Å². The quantitative estimate of drug-likeness (QED) is 0.691. The van der Waals surface area contributed by atoms with Gasteiger partial charge < -0.3 is 10.8 Å². The molecule has 13 heavy (non-hydrogen) atoms. The summed E-state index contributed by atoms with van der Waals surface area (Å²) in [5.74, 6) is 0. The Kier molecular flexibility index (Phi) is 1.89. The number of aromatic nitrogens is 2. The molecule has 4 nitrogen and oxygen atoms in total. The minimum Gasteiger partial charge on any atom is -0.388 e. The molecule has 0 aliphatic heterocycles. The first-order valence-corrected chi connectivity index (χ1v) is 4.59. The minimum absolute atomic E-state index is 0.331. The molecule has 1 unspecified atom stereocenters. The van der Waals surface area contributed by atoms with E-state index >= 15 is 0 Å². The molecule has 1 aliphatic rings. The topological polar surface area (TPSA) is 64.1 Å². The summed E-state index contributed by atoms with van der Waals surface area (Å²) in [6.45, 7) is 0. The van der Waals surface area contributed by atoms with Crippen molar-refractivity contribution in [2.45, 2.75) is 30.9 Å². The lowest BCUT2D eigenvalue weighted by Gasteiger charge is -2.40. The second-order valence-corrected chi connectivity index (χ2v) is 3.85. The highest BCUT2D eigenvalue weighted by molar-refractivity contribution is 5.13. The largest absolute Gasteiger partial charge is 0.388 e. The van der Waals surface area contributed by atoms with E-state index < -0.39 is 5.60 Å². The molecule has 0 aromatic carbocycles.